The number of hydrogen-bond acceptors (Lipinski definition) is 5. The van der Waals surface area contributed by atoms with E-state index in [1.807, 2.05) is 24.5 Å². The van der Waals surface area contributed by atoms with E-state index in [0.29, 0.717) is 48.2 Å². The summed E-state index contributed by atoms with van der Waals surface area (Å²) in [6, 6.07) is 7.81. The highest BCUT2D eigenvalue weighted by molar-refractivity contribution is 5.94. The van der Waals surface area contributed by atoms with Crippen LogP contribution in [-0.4, -0.2) is 44.5 Å². The predicted molar refractivity (Wildman–Crippen MR) is 135 cm³/mol. The number of aromatic nitrogens is 4. The van der Waals surface area contributed by atoms with Gasteiger partial charge in [-0.15, -0.1) is 0 Å². The highest BCUT2D eigenvalue weighted by Crippen LogP contribution is 2.44. The Morgan fingerprint density at radius 1 is 1.27 bits per heavy atom. The van der Waals surface area contributed by atoms with E-state index in [0.717, 1.165) is 28.8 Å². The summed E-state index contributed by atoms with van der Waals surface area (Å²) >= 11 is 0. The van der Waals surface area contributed by atoms with Crippen LogP contribution in [0.15, 0.2) is 30.5 Å². The number of pyridine rings is 1. The van der Waals surface area contributed by atoms with Crippen LogP contribution in [0.2, 0.25) is 0 Å². The molecule has 4 rings (SSSR count). The molecule has 0 fully saturated rings. The molecule has 0 saturated heterocycles. The van der Waals surface area contributed by atoms with Crippen molar-refractivity contribution in [2.75, 3.05) is 13.7 Å². The van der Waals surface area contributed by atoms with E-state index in [4.69, 9.17) is 9.72 Å². The van der Waals surface area contributed by atoms with Crippen molar-refractivity contribution in [1.29, 1.82) is 5.26 Å². The van der Waals surface area contributed by atoms with Crippen LogP contribution in [0.3, 0.4) is 0 Å². The normalized spacial score (nSPS) is 12.8. The lowest BCUT2D eigenvalue weighted by Crippen LogP contribution is -2.24. The van der Waals surface area contributed by atoms with Gasteiger partial charge in [0.05, 0.1) is 23.3 Å². The summed E-state index contributed by atoms with van der Waals surface area (Å²) in [5.74, 6) is -3.11. The number of carboxylic acids is 1. The molecule has 1 aromatic carbocycles. The number of aromatic amines is 1. The number of nitriles is 1. The summed E-state index contributed by atoms with van der Waals surface area (Å²) in [5, 5.41) is 26.9. The van der Waals surface area contributed by atoms with Gasteiger partial charge in [-0.25, -0.2) is 13.8 Å². The fourth-order valence-corrected chi connectivity index (χ4v) is 5.02. The van der Waals surface area contributed by atoms with Gasteiger partial charge in [0.1, 0.15) is 0 Å². The molecular formula is C27H29F2N5O3. The number of aliphatic carboxylic acids is 1. The van der Waals surface area contributed by atoms with Crippen LogP contribution in [0.25, 0.3) is 27.8 Å². The summed E-state index contributed by atoms with van der Waals surface area (Å²) in [7, 11) is 1.61. The van der Waals surface area contributed by atoms with E-state index in [1.165, 1.54) is 6.07 Å². The van der Waals surface area contributed by atoms with Crippen molar-refractivity contribution in [2.45, 2.75) is 57.3 Å². The highest BCUT2D eigenvalue weighted by atomic mass is 19.2. The van der Waals surface area contributed by atoms with Crippen LogP contribution in [0, 0.1) is 23.0 Å². The predicted octanol–water partition coefficient (Wildman–Crippen LogP) is 5.75. The van der Waals surface area contributed by atoms with Crippen LogP contribution in [0.4, 0.5) is 8.78 Å². The van der Waals surface area contributed by atoms with Gasteiger partial charge in [-0.3, -0.25) is 9.89 Å². The first-order chi connectivity index (χ1) is 17.7. The number of carbonyl (C=O) groups is 1. The van der Waals surface area contributed by atoms with Gasteiger partial charge in [-0.1, -0.05) is 13.8 Å². The lowest BCUT2D eigenvalue weighted by atomic mass is 9.78. The Labute approximate surface area is 212 Å². The van der Waals surface area contributed by atoms with Crippen molar-refractivity contribution >= 4 is 28.0 Å². The lowest BCUT2D eigenvalue weighted by Gasteiger charge is -2.29. The molecule has 0 saturated carbocycles. The van der Waals surface area contributed by atoms with Gasteiger partial charge in [0, 0.05) is 60.4 Å². The first-order valence-electron chi connectivity index (χ1n) is 12.1. The molecule has 8 nitrogen and oxygen atoms in total. The third kappa shape index (κ3) is 5.18. The number of carboxylic acid groups (broad SMARTS) is 1. The molecule has 0 amide bonds. The Morgan fingerprint density at radius 3 is 2.73 bits per heavy atom. The summed E-state index contributed by atoms with van der Waals surface area (Å²) in [6.07, 6.45) is 3.36. The van der Waals surface area contributed by atoms with Crippen molar-refractivity contribution in [3.63, 3.8) is 0 Å². The second kappa shape index (κ2) is 10.6. The number of nitrogens with one attached hydrogen (secondary N) is 1. The molecule has 10 heteroatoms. The van der Waals surface area contributed by atoms with Gasteiger partial charge in [-0.2, -0.15) is 10.4 Å². The van der Waals surface area contributed by atoms with E-state index < -0.39 is 23.0 Å². The molecule has 3 aromatic heterocycles. The van der Waals surface area contributed by atoms with Crippen molar-refractivity contribution in [3.05, 3.63) is 53.4 Å². The number of H-pyrrole nitrogens is 1. The average molecular weight is 510 g/mol. The quantitative estimate of drug-likeness (QED) is 0.249. The Balaban J connectivity index is 2.11. The zero-order valence-electron chi connectivity index (χ0n) is 21.0. The Morgan fingerprint density at radius 2 is 2.05 bits per heavy atom. The highest BCUT2D eigenvalue weighted by Gasteiger charge is 2.35. The Bertz CT molecular complexity index is 1480. The number of methoxy groups -OCH3 is 1. The summed E-state index contributed by atoms with van der Waals surface area (Å²) in [6.45, 7) is 4.34. The molecule has 3 heterocycles. The van der Waals surface area contributed by atoms with Crippen molar-refractivity contribution < 1.29 is 23.4 Å². The standard InChI is InChI=1S/C27H29F2N5O3/c1-27(2,10-11-30)25-23(16(5-4-12-37-3)6-9-22(35)36)24-21(13-17-15-31-33-26(17)32-24)34(25)18-7-8-19(28)20(29)14-18/h7-8,13-16H,4-6,9-10,12H2,1-3H3,(H,35,36)(H,31,32,33)/t16-/m1/s1. The number of hydrogen-bond donors (Lipinski definition) is 2. The van der Waals surface area contributed by atoms with Crippen LogP contribution in [0.1, 0.15) is 63.1 Å². The number of halogens is 2. The number of fused-ring (bicyclic) bond motifs is 2. The first-order valence-corrected chi connectivity index (χ1v) is 12.1. The fraction of sp³-hybridized carbons (Fsp3) is 0.407. The minimum atomic E-state index is -0.996. The van der Waals surface area contributed by atoms with Gasteiger partial charge < -0.3 is 14.4 Å². The van der Waals surface area contributed by atoms with E-state index in [2.05, 4.69) is 16.3 Å². The van der Waals surface area contributed by atoms with E-state index in [1.54, 1.807) is 13.3 Å². The molecule has 0 aliphatic rings. The smallest absolute Gasteiger partial charge is 0.303 e. The van der Waals surface area contributed by atoms with Gasteiger partial charge in [0.25, 0.3) is 0 Å². The number of rotatable bonds is 11. The minimum Gasteiger partial charge on any atom is -0.481 e. The van der Waals surface area contributed by atoms with Crippen molar-refractivity contribution in [1.82, 2.24) is 19.7 Å². The van der Waals surface area contributed by atoms with Gasteiger partial charge in [0.15, 0.2) is 17.3 Å². The molecule has 0 radical (unpaired) electrons. The molecule has 0 unspecified atom stereocenters. The molecular weight excluding hydrogens is 480 g/mol. The van der Waals surface area contributed by atoms with Gasteiger partial charge in [0.2, 0.25) is 0 Å². The largest absolute Gasteiger partial charge is 0.481 e. The van der Waals surface area contributed by atoms with Crippen LogP contribution < -0.4 is 0 Å². The molecule has 0 bridgehead atoms. The lowest BCUT2D eigenvalue weighted by molar-refractivity contribution is -0.137. The van der Waals surface area contributed by atoms with Crippen LogP contribution in [-0.2, 0) is 14.9 Å². The Kier molecular flexibility index (Phi) is 7.55. The molecule has 0 aliphatic carbocycles. The summed E-state index contributed by atoms with van der Waals surface area (Å²) in [4.78, 5) is 16.4. The molecule has 1 atom stereocenters. The average Bonchev–Trinajstić information content (AvgIpc) is 3.43. The molecule has 4 aromatic rings. The molecule has 2 N–H and O–H groups in total. The third-order valence-corrected chi connectivity index (χ3v) is 6.72. The minimum absolute atomic E-state index is 0.0556. The van der Waals surface area contributed by atoms with Crippen LogP contribution in [0.5, 0.6) is 0 Å². The Hall–Kier alpha value is -3.84. The third-order valence-electron chi connectivity index (χ3n) is 6.72. The molecule has 194 valence electrons. The maximum atomic E-state index is 14.5. The SMILES string of the molecule is COCCC[C@H](CCC(=O)O)c1c(C(C)(C)CC#N)n(-c2ccc(F)c(F)c2)c2cc3cn[nH]c3nc12. The zero-order chi connectivity index (χ0) is 26.7. The number of nitrogens with zero attached hydrogens (tertiary/aromatic N) is 4. The fourth-order valence-electron chi connectivity index (χ4n) is 5.02. The maximum absolute atomic E-state index is 14.5. The summed E-state index contributed by atoms with van der Waals surface area (Å²) in [5.41, 5.74) is 2.97. The summed E-state index contributed by atoms with van der Waals surface area (Å²) < 4.78 is 35.5. The molecule has 0 spiro atoms. The monoisotopic (exact) mass is 509 g/mol. The van der Waals surface area contributed by atoms with Gasteiger partial charge >= 0.3 is 5.97 Å². The number of benzene rings is 1. The maximum Gasteiger partial charge on any atom is 0.303 e. The number of ether oxygens (including phenoxy) is 1. The van der Waals surface area contributed by atoms with E-state index in [-0.39, 0.29) is 18.8 Å². The van der Waals surface area contributed by atoms with Crippen molar-refractivity contribution in [3.8, 4) is 11.8 Å². The second-order valence-electron chi connectivity index (χ2n) is 9.84. The van der Waals surface area contributed by atoms with Crippen molar-refractivity contribution in [2.24, 2.45) is 0 Å². The topological polar surface area (TPSA) is 117 Å². The van der Waals surface area contributed by atoms with E-state index in [9.17, 15) is 23.9 Å². The van der Waals surface area contributed by atoms with E-state index >= 15 is 0 Å². The van der Waals surface area contributed by atoms with Crippen LogP contribution >= 0.6 is 0 Å². The zero-order valence-corrected chi connectivity index (χ0v) is 21.0. The molecule has 37 heavy (non-hydrogen) atoms. The molecule has 0 aliphatic heterocycles. The second-order valence-corrected chi connectivity index (χ2v) is 9.84. The van der Waals surface area contributed by atoms with Gasteiger partial charge in [-0.05, 0) is 43.4 Å². The first kappa shape index (κ1) is 26.2.